The molecule has 0 bridgehead atoms. The van der Waals surface area contributed by atoms with Gasteiger partial charge in [-0.25, -0.2) is 8.42 Å². The number of nitrogens with zero attached hydrogens (tertiary/aromatic N) is 2. The second kappa shape index (κ2) is 12.4. The lowest BCUT2D eigenvalue weighted by Crippen LogP contribution is -2.51. The zero-order chi connectivity index (χ0) is 24.6. The number of hydrogen-bond donors (Lipinski definition) is 1. The van der Waals surface area contributed by atoms with Gasteiger partial charge in [0.1, 0.15) is 12.6 Å². The van der Waals surface area contributed by atoms with E-state index in [9.17, 15) is 18.0 Å². The molecule has 0 aromatic heterocycles. The molecule has 7 nitrogen and oxygen atoms in total. The van der Waals surface area contributed by atoms with Crippen molar-refractivity contribution in [3.8, 4) is 0 Å². The lowest BCUT2D eigenvalue weighted by Gasteiger charge is -2.31. The number of anilines is 1. The van der Waals surface area contributed by atoms with Crippen molar-refractivity contribution in [2.45, 2.75) is 39.3 Å². The fourth-order valence-corrected chi connectivity index (χ4v) is 4.80. The van der Waals surface area contributed by atoms with E-state index in [0.717, 1.165) is 33.4 Å². The molecule has 33 heavy (non-hydrogen) atoms. The SMILES string of the molecule is CCCCNC(=O)[C@@H](C)N(Cc1cccc(Br)c1)C(=O)CN(c1ccccc1Cl)S(C)(=O)=O. The summed E-state index contributed by atoms with van der Waals surface area (Å²) in [5.74, 6) is -0.811. The number of carbonyl (C=O) groups is 2. The number of hydrogen-bond acceptors (Lipinski definition) is 4. The maximum Gasteiger partial charge on any atom is 0.244 e. The summed E-state index contributed by atoms with van der Waals surface area (Å²) >= 11 is 9.64. The van der Waals surface area contributed by atoms with Crippen molar-refractivity contribution in [1.29, 1.82) is 0 Å². The van der Waals surface area contributed by atoms with E-state index in [1.807, 2.05) is 31.2 Å². The molecule has 2 amide bonds. The number of nitrogens with one attached hydrogen (secondary N) is 1. The molecule has 180 valence electrons. The molecule has 0 unspecified atom stereocenters. The van der Waals surface area contributed by atoms with E-state index in [1.165, 1.54) is 11.0 Å². The smallest absolute Gasteiger partial charge is 0.244 e. The molecule has 1 N–H and O–H groups in total. The molecule has 0 aliphatic rings. The average molecular weight is 559 g/mol. The van der Waals surface area contributed by atoms with E-state index < -0.39 is 28.5 Å². The highest BCUT2D eigenvalue weighted by Crippen LogP contribution is 2.27. The van der Waals surface area contributed by atoms with Crippen LogP contribution in [0.4, 0.5) is 5.69 Å². The lowest BCUT2D eigenvalue weighted by molar-refractivity contribution is -0.139. The maximum absolute atomic E-state index is 13.4. The molecule has 1 atom stereocenters. The number of para-hydroxylation sites is 1. The zero-order valence-electron chi connectivity index (χ0n) is 18.9. The number of unbranched alkanes of at least 4 members (excludes halogenated alkanes) is 1. The topological polar surface area (TPSA) is 86.8 Å². The summed E-state index contributed by atoms with van der Waals surface area (Å²) in [6.45, 7) is 3.82. The molecular weight excluding hydrogens is 530 g/mol. The third-order valence-electron chi connectivity index (χ3n) is 5.04. The van der Waals surface area contributed by atoms with Gasteiger partial charge in [0.15, 0.2) is 0 Å². The van der Waals surface area contributed by atoms with Gasteiger partial charge in [0.2, 0.25) is 21.8 Å². The summed E-state index contributed by atoms with van der Waals surface area (Å²) in [5.41, 5.74) is 1.01. The third kappa shape index (κ3) is 8.01. The molecule has 10 heteroatoms. The third-order valence-corrected chi connectivity index (χ3v) is 6.98. The van der Waals surface area contributed by atoms with E-state index in [1.54, 1.807) is 25.1 Å². The molecule has 0 heterocycles. The van der Waals surface area contributed by atoms with Crippen molar-refractivity contribution in [3.05, 3.63) is 63.6 Å². The summed E-state index contributed by atoms with van der Waals surface area (Å²) in [7, 11) is -3.82. The van der Waals surface area contributed by atoms with Gasteiger partial charge < -0.3 is 10.2 Å². The first-order valence-corrected chi connectivity index (χ1v) is 13.6. The molecule has 2 aromatic rings. The largest absolute Gasteiger partial charge is 0.354 e. The summed E-state index contributed by atoms with van der Waals surface area (Å²) in [4.78, 5) is 27.6. The van der Waals surface area contributed by atoms with E-state index in [2.05, 4.69) is 21.2 Å². The predicted octanol–water partition coefficient (Wildman–Crippen LogP) is 4.20. The number of halogens is 2. The molecule has 2 aromatic carbocycles. The van der Waals surface area contributed by atoms with Crippen LogP contribution in [0.25, 0.3) is 0 Å². The van der Waals surface area contributed by atoms with Crippen molar-refractivity contribution >= 4 is 55.1 Å². The Morgan fingerprint density at radius 2 is 1.85 bits per heavy atom. The molecule has 0 saturated heterocycles. The van der Waals surface area contributed by atoms with Crippen molar-refractivity contribution in [2.24, 2.45) is 0 Å². The van der Waals surface area contributed by atoms with Crippen LogP contribution < -0.4 is 9.62 Å². The standard InChI is InChI=1S/C23H29BrClN3O4S/c1-4-5-13-26-23(30)17(2)27(15-18-9-8-10-19(24)14-18)22(29)16-28(33(3,31)32)21-12-7-6-11-20(21)25/h6-12,14,17H,4-5,13,15-16H2,1-3H3,(H,26,30)/t17-/m1/s1. The fourth-order valence-electron chi connectivity index (χ4n) is 3.20. The number of rotatable bonds is 11. The lowest BCUT2D eigenvalue weighted by atomic mass is 10.1. The van der Waals surface area contributed by atoms with Gasteiger partial charge in [-0.05, 0) is 43.2 Å². The second-order valence-electron chi connectivity index (χ2n) is 7.69. The van der Waals surface area contributed by atoms with Crippen molar-refractivity contribution in [1.82, 2.24) is 10.2 Å². The van der Waals surface area contributed by atoms with E-state index in [-0.39, 0.29) is 23.2 Å². The van der Waals surface area contributed by atoms with E-state index in [0.29, 0.717) is 6.54 Å². The number of amides is 2. The second-order valence-corrected chi connectivity index (χ2v) is 10.9. The van der Waals surface area contributed by atoms with E-state index in [4.69, 9.17) is 11.6 Å². The van der Waals surface area contributed by atoms with Crippen LogP contribution in [0, 0.1) is 0 Å². The van der Waals surface area contributed by atoms with Gasteiger partial charge in [0, 0.05) is 17.6 Å². The Labute approximate surface area is 209 Å². The van der Waals surface area contributed by atoms with Crippen molar-refractivity contribution < 1.29 is 18.0 Å². The van der Waals surface area contributed by atoms with Crippen molar-refractivity contribution in [2.75, 3.05) is 23.7 Å². The first-order valence-electron chi connectivity index (χ1n) is 10.6. The minimum atomic E-state index is -3.82. The van der Waals surface area contributed by atoms with Gasteiger partial charge in [-0.2, -0.15) is 0 Å². The van der Waals surface area contributed by atoms with E-state index >= 15 is 0 Å². The molecule has 0 fully saturated rings. The summed E-state index contributed by atoms with van der Waals surface area (Å²) in [6, 6.07) is 13.0. The van der Waals surface area contributed by atoms with Gasteiger partial charge in [-0.15, -0.1) is 0 Å². The number of carbonyl (C=O) groups excluding carboxylic acids is 2. The number of benzene rings is 2. The predicted molar refractivity (Wildman–Crippen MR) is 136 cm³/mol. The Morgan fingerprint density at radius 1 is 1.15 bits per heavy atom. The van der Waals surface area contributed by atoms with Crippen LogP contribution in [0.1, 0.15) is 32.3 Å². The van der Waals surface area contributed by atoms with Crippen LogP contribution in [-0.2, 0) is 26.2 Å². The van der Waals surface area contributed by atoms with Crippen LogP contribution in [0.2, 0.25) is 5.02 Å². The Balaban J connectivity index is 2.36. The average Bonchev–Trinajstić information content (AvgIpc) is 2.75. The Morgan fingerprint density at radius 3 is 2.45 bits per heavy atom. The number of sulfonamides is 1. The summed E-state index contributed by atoms with van der Waals surface area (Å²) < 4.78 is 26.9. The van der Waals surface area contributed by atoms with Gasteiger partial charge in [0.05, 0.1) is 17.0 Å². The molecule has 0 spiro atoms. The molecule has 2 rings (SSSR count). The van der Waals surface area contributed by atoms with Crippen molar-refractivity contribution in [3.63, 3.8) is 0 Å². The molecule has 0 aliphatic heterocycles. The highest BCUT2D eigenvalue weighted by molar-refractivity contribution is 9.10. The Hall–Kier alpha value is -2.10. The maximum atomic E-state index is 13.4. The highest BCUT2D eigenvalue weighted by Gasteiger charge is 2.30. The van der Waals surface area contributed by atoms with Crippen LogP contribution in [0.3, 0.4) is 0 Å². The van der Waals surface area contributed by atoms with Crippen LogP contribution in [-0.4, -0.2) is 50.5 Å². The van der Waals surface area contributed by atoms with Crippen LogP contribution in [0.5, 0.6) is 0 Å². The molecular formula is C23H29BrClN3O4S. The Kier molecular flexibility index (Phi) is 10.2. The van der Waals surface area contributed by atoms with Gasteiger partial charge in [-0.3, -0.25) is 13.9 Å². The molecule has 0 saturated carbocycles. The molecule has 0 aliphatic carbocycles. The van der Waals surface area contributed by atoms with Gasteiger partial charge >= 0.3 is 0 Å². The minimum Gasteiger partial charge on any atom is -0.354 e. The quantitative estimate of drug-likeness (QED) is 0.419. The van der Waals surface area contributed by atoms with Crippen LogP contribution >= 0.6 is 27.5 Å². The Bertz CT molecular complexity index is 1080. The summed E-state index contributed by atoms with van der Waals surface area (Å²) in [6.07, 6.45) is 2.77. The summed E-state index contributed by atoms with van der Waals surface area (Å²) in [5, 5.41) is 3.05. The fraction of sp³-hybridized carbons (Fsp3) is 0.391. The first-order chi connectivity index (χ1) is 15.5. The zero-order valence-corrected chi connectivity index (χ0v) is 22.1. The highest BCUT2D eigenvalue weighted by atomic mass is 79.9. The normalized spacial score (nSPS) is 12.2. The van der Waals surface area contributed by atoms with Gasteiger partial charge in [0.25, 0.3) is 0 Å². The monoisotopic (exact) mass is 557 g/mol. The first kappa shape index (κ1) is 27.1. The minimum absolute atomic E-state index is 0.140. The van der Waals surface area contributed by atoms with Gasteiger partial charge in [-0.1, -0.05) is 65.1 Å². The van der Waals surface area contributed by atoms with Crippen LogP contribution in [0.15, 0.2) is 53.0 Å². The molecule has 0 radical (unpaired) electrons.